The van der Waals surface area contributed by atoms with E-state index >= 15 is 0 Å². The molecule has 12 heavy (non-hydrogen) atoms. The fourth-order valence-corrected chi connectivity index (χ4v) is 1.90. The van der Waals surface area contributed by atoms with E-state index in [1.54, 1.807) is 11.3 Å². The van der Waals surface area contributed by atoms with Gasteiger partial charge in [-0.2, -0.15) is 0 Å². The Bertz CT molecular complexity index is 270. The lowest BCUT2D eigenvalue weighted by Gasteiger charge is -1.92. The van der Waals surface area contributed by atoms with Crippen LogP contribution in [0.15, 0.2) is 0 Å². The van der Waals surface area contributed by atoms with Crippen molar-refractivity contribution in [3.63, 3.8) is 0 Å². The highest BCUT2D eigenvalue weighted by molar-refractivity contribution is 7.15. The van der Waals surface area contributed by atoms with Gasteiger partial charge in [0.2, 0.25) is 0 Å². The zero-order chi connectivity index (χ0) is 8.97. The van der Waals surface area contributed by atoms with E-state index in [1.165, 1.54) is 0 Å². The van der Waals surface area contributed by atoms with Crippen molar-refractivity contribution in [2.45, 2.75) is 20.3 Å². The molecule has 0 bridgehead atoms. The second-order valence-corrected chi connectivity index (χ2v) is 3.51. The molecule has 66 valence electrons. The summed E-state index contributed by atoms with van der Waals surface area (Å²) in [5.41, 5.74) is 0.961. The quantitative estimate of drug-likeness (QED) is 0.723. The number of carbonyl (C=O) groups is 1. The lowest BCUT2D eigenvalue weighted by Crippen LogP contribution is -1.94. The highest BCUT2D eigenvalue weighted by atomic mass is 32.1. The Labute approximate surface area is 75.8 Å². The normalized spacial score (nSPS) is 9.83. The summed E-state index contributed by atoms with van der Waals surface area (Å²) in [4.78, 5) is 15.6. The second kappa shape index (κ2) is 4.21. The van der Waals surface area contributed by atoms with E-state index in [1.807, 2.05) is 13.8 Å². The van der Waals surface area contributed by atoms with Crippen molar-refractivity contribution in [1.29, 1.82) is 0 Å². The highest BCUT2D eigenvalue weighted by Crippen LogP contribution is 2.21. The number of aromatic nitrogens is 1. The second-order valence-electron chi connectivity index (χ2n) is 2.43. The fraction of sp³-hybridized carbons (Fsp3) is 0.500. The summed E-state index contributed by atoms with van der Waals surface area (Å²) in [6, 6.07) is 0. The van der Waals surface area contributed by atoms with Crippen molar-refractivity contribution in [3.8, 4) is 0 Å². The van der Waals surface area contributed by atoms with Gasteiger partial charge in [-0.15, -0.1) is 11.3 Å². The van der Waals surface area contributed by atoms with Gasteiger partial charge in [-0.05, 0) is 13.8 Å². The number of rotatable bonds is 4. The summed E-state index contributed by atoms with van der Waals surface area (Å²) >= 11 is 1.56. The fourth-order valence-electron chi connectivity index (χ4n) is 0.920. The van der Waals surface area contributed by atoms with Gasteiger partial charge in [0.05, 0.1) is 5.69 Å². The van der Waals surface area contributed by atoms with Crippen molar-refractivity contribution < 1.29 is 4.79 Å². The lowest BCUT2D eigenvalue weighted by molar-refractivity contribution is -0.107. The average Bonchev–Trinajstić information content (AvgIpc) is 2.34. The topological polar surface area (TPSA) is 42.0 Å². The largest absolute Gasteiger partial charge is 0.362 e. The van der Waals surface area contributed by atoms with Crippen LogP contribution in [0.2, 0.25) is 0 Å². The van der Waals surface area contributed by atoms with Crippen LogP contribution in [-0.4, -0.2) is 17.8 Å². The Morgan fingerprint density at radius 2 is 2.42 bits per heavy atom. The standard InChI is InChI=1S/C8H12N2OS/c1-3-9-8-10-6(2)7(12-8)4-5-11/h5H,3-4H2,1-2H3,(H,9,10). The van der Waals surface area contributed by atoms with Crippen LogP contribution in [-0.2, 0) is 11.2 Å². The number of anilines is 1. The number of carbonyl (C=O) groups excluding carboxylic acids is 1. The molecular formula is C8H12N2OS. The molecule has 1 rings (SSSR count). The molecule has 0 saturated heterocycles. The Kier molecular flexibility index (Phi) is 3.22. The number of hydrogen-bond donors (Lipinski definition) is 1. The molecule has 0 unspecified atom stereocenters. The van der Waals surface area contributed by atoms with Crippen LogP contribution in [0, 0.1) is 6.92 Å². The van der Waals surface area contributed by atoms with Crippen LogP contribution in [0.3, 0.4) is 0 Å². The molecule has 1 heterocycles. The van der Waals surface area contributed by atoms with Crippen molar-refractivity contribution >= 4 is 22.8 Å². The van der Waals surface area contributed by atoms with E-state index in [2.05, 4.69) is 10.3 Å². The van der Waals surface area contributed by atoms with Gasteiger partial charge >= 0.3 is 0 Å². The SMILES string of the molecule is CCNc1nc(C)c(CC=O)s1. The number of hydrogen-bond acceptors (Lipinski definition) is 4. The maximum absolute atomic E-state index is 10.3. The van der Waals surface area contributed by atoms with E-state index in [-0.39, 0.29) is 0 Å². The minimum absolute atomic E-state index is 0.481. The molecule has 0 aliphatic heterocycles. The molecular weight excluding hydrogens is 172 g/mol. The molecule has 0 radical (unpaired) electrons. The third kappa shape index (κ3) is 2.04. The first-order valence-corrected chi connectivity index (χ1v) is 4.73. The van der Waals surface area contributed by atoms with Gasteiger partial charge in [0, 0.05) is 17.8 Å². The number of aryl methyl sites for hydroxylation is 1. The van der Waals surface area contributed by atoms with Crippen LogP contribution in [0.4, 0.5) is 5.13 Å². The molecule has 3 nitrogen and oxygen atoms in total. The summed E-state index contributed by atoms with van der Waals surface area (Å²) in [5.74, 6) is 0. The van der Waals surface area contributed by atoms with Crippen molar-refractivity contribution in [3.05, 3.63) is 10.6 Å². The van der Waals surface area contributed by atoms with Gasteiger partial charge in [0.15, 0.2) is 5.13 Å². The van der Waals surface area contributed by atoms with Gasteiger partial charge in [-0.25, -0.2) is 4.98 Å². The Balaban J connectivity index is 2.77. The van der Waals surface area contributed by atoms with E-state index in [0.29, 0.717) is 6.42 Å². The first-order chi connectivity index (χ1) is 5.77. The van der Waals surface area contributed by atoms with Crippen LogP contribution >= 0.6 is 11.3 Å². The maximum Gasteiger partial charge on any atom is 0.183 e. The molecule has 0 aliphatic rings. The summed E-state index contributed by atoms with van der Waals surface area (Å²) in [6.07, 6.45) is 1.39. The Morgan fingerprint density at radius 3 is 3.00 bits per heavy atom. The molecule has 0 aliphatic carbocycles. The molecule has 0 fully saturated rings. The third-order valence-corrected chi connectivity index (χ3v) is 2.63. The van der Waals surface area contributed by atoms with Gasteiger partial charge in [-0.1, -0.05) is 0 Å². The maximum atomic E-state index is 10.3. The Hall–Kier alpha value is -0.900. The van der Waals surface area contributed by atoms with Gasteiger partial charge in [0.25, 0.3) is 0 Å². The van der Waals surface area contributed by atoms with Crippen LogP contribution in [0.5, 0.6) is 0 Å². The van der Waals surface area contributed by atoms with Crippen LogP contribution in [0.1, 0.15) is 17.5 Å². The van der Waals surface area contributed by atoms with Gasteiger partial charge in [0.1, 0.15) is 6.29 Å². The summed E-state index contributed by atoms with van der Waals surface area (Å²) in [5, 5.41) is 4.03. The van der Waals surface area contributed by atoms with Gasteiger partial charge in [-0.3, -0.25) is 0 Å². The summed E-state index contributed by atoms with van der Waals surface area (Å²) in [7, 11) is 0. The van der Waals surface area contributed by atoms with E-state index in [4.69, 9.17) is 0 Å². The molecule has 1 aromatic rings. The predicted molar refractivity (Wildman–Crippen MR) is 50.8 cm³/mol. The summed E-state index contributed by atoms with van der Waals surface area (Å²) < 4.78 is 0. The molecule has 1 aromatic heterocycles. The van der Waals surface area contributed by atoms with E-state index in [0.717, 1.165) is 28.5 Å². The predicted octanol–water partition coefficient (Wildman–Crippen LogP) is 1.62. The average molecular weight is 184 g/mol. The van der Waals surface area contributed by atoms with Crippen molar-refractivity contribution in [1.82, 2.24) is 4.98 Å². The molecule has 0 atom stereocenters. The number of nitrogens with one attached hydrogen (secondary N) is 1. The van der Waals surface area contributed by atoms with Crippen molar-refractivity contribution in [2.24, 2.45) is 0 Å². The smallest absolute Gasteiger partial charge is 0.183 e. The molecule has 0 spiro atoms. The van der Waals surface area contributed by atoms with Crippen LogP contribution in [0.25, 0.3) is 0 Å². The molecule has 4 heteroatoms. The third-order valence-electron chi connectivity index (χ3n) is 1.49. The number of aldehydes is 1. The van der Waals surface area contributed by atoms with E-state index < -0.39 is 0 Å². The number of nitrogens with zero attached hydrogens (tertiary/aromatic N) is 1. The monoisotopic (exact) mass is 184 g/mol. The highest BCUT2D eigenvalue weighted by Gasteiger charge is 2.05. The Morgan fingerprint density at radius 1 is 1.67 bits per heavy atom. The first kappa shape index (κ1) is 9.19. The molecule has 0 aromatic carbocycles. The summed E-state index contributed by atoms with van der Waals surface area (Å²) in [6.45, 7) is 4.82. The molecule has 0 amide bonds. The zero-order valence-electron chi connectivity index (χ0n) is 7.26. The zero-order valence-corrected chi connectivity index (χ0v) is 8.07. The number of thiazole rings is 1. The van der Waals surface area contributed by atoms with Crippen LogP contribution < -0.4 is 5.32 Å². The first-order valence-electron chi connectivity index (χ1n) is 3.91. The molecule has 0 saturated carbocycles. The minimum atomic E-state index is 0.481. The lowest BCUT2D eigenvalue weighted by atomic mass is 10.3. The van der Waals surface area contributed by atoms with Crippen molar-refractivity contribution in [2.75, 3.05) is 11.9 Å². The minimum Gasteiger partial charge on any atom is -0.362 e. The van der Waals surface area contributed by atoms with Gasteiger partial charge < -0.3 is 10.1 Å². The van der Waals surface area contributed by atoms with E-state index in [9.17, 15) is 4.79 Å². The molecule has 1 N–H and O–H groups in total.